The van der Waals surface area contributed by atoms with Crippen LogP contribution in [-0.4, -0.2) is 10.2 Å². The normalized spacial score (nSPS) is 11.0. The minimum absolute atomic E-state index is 0.0161. The predicted octanol–water partition coefficient (Wildman–Crippen LogP) is 3.94. The summed E-state index contributed by atoms with van der Waals surface area (Å²) >= 11 is 3.26. The minimum atomic E-state index is -0.479. The van der Waals surface area contributed by atoms with E-state index >= 15 is 0 Å². The van der Waals surface area contributed by atoms with Gasteiger partial charge in [0.25, 0.3) is 0 Å². The van der Waals surface area contributed by atoms with Gasteiger partial charge in [0, 0.05) is 11.5 Å². The molecule has 4 nitrogen and oxygen atoms in total. The van der Waals surface area contributed by atoms with Crippen molar-refractivity contribution in [3.05, 3.63) is 56.9 Å². The maximum Gasteiger partial charge on any atom is 0.344 e. The third-order valence-electron chi connectivity index (χ3n) is 3.39. The van der Waals surface area contributed by atoms with E-state index in [9.17, 15) is 15.0 Å². The Morgan fingerprint density at radius 1 is 1.10 bits per heavy atom. The maximum atomic E-state index is 12.2. The number of phenols is 2. The van der Waals surface area contributed by atoms with Gasteiger partial charge in [0.2, 0.25) is 0 Å². The zero-order chi connectivity index (χ0) is 15.1. The van der Waals surface area contributed by atoms with Gasteiger partial charge >= 0.3 is 5.63 Å². The molecule has 0 saturated heterocycles. The molecule has 0 amide bonds. The van der Waals surface area contributed by atoms with Crippen LogP contribution in [0.1, 0.15) is 5.56 Å². The molecule has 0 fully saturated rings. The Hall–Kier alpha value is -2.27. The molecule has 0 spiro atoms. The van der Waals surface area contributed by atoms with E-state index in [1.807, 2.05) is 6.92 Å². The van der Waals surface area contributed by atoms with Crippen LogP contribution in [0.4, 0.5) is 0 Å². The summed E-state index contributed by atoms with van der Waals surface area (Å²) < 4.78 is 5.83. The van der Waals surface area contributed by atoms with Crippen molar-refractivity contribution in [2.75, 3.05) is 0 Å². The lowest BCUT2D eigenvalue weighted by molar-refractivity contribution is 0.469. The molecule has 106 valence electrons. The Morgan fingerprint density at radius 2 is 1.76 bits per heavy atom. The topological polar surface area (TPSA) is 70.7 Å². The molecule has 0 aliphatic carbocycles. The van der Waals surface area contributed by atoms with Crippen LogP contribution < -0.4 is 5.63 Å². The highest BCUT2D eigenvalue weighted by atomic mass is 79.9. The lowest BCUT2D eigenvalue weighted by atomic mass is 9.99. The summed E-state index contributed by atoms with van der Waals surface area (Å²) in [5, 5.41) is 19.8. The molecule has 21 heavy (non-hydrogen) atoms. The summed E-state index contributed by atoms with van der Waals surface area (Å²) in [6.07, 6.45) is 0. The Kier molecular flexibility index (Phi) is 3.22. The summed E-state index contributed by atoms with van der Waals surface area (Å²) in [6, 6.07) is 9.49. The van der Waals surface area contributed by atoms with Crippen LogP contribution in [0.5, 0.6) is 11.5 Å². The second-order valence-electron chi connectivity index (χ2n) is 4.74. The Labute approximate surface area is 128 Å². The minimum Gasteiger partial charge on any atom is -0.508 e. The third-order valence-corrected chi connectivity index (χ3v) is 4.03. The molecule has 0 aliphatic heterocycles. The van der Waals surface area contributed by atoms with Gasteiger partial charge in [0.15, 0.2) is 0 Å². The van der Waals surface area contributed by atoms with Gasteiger partial charge in [0.05, 0.1) is 10.0 Å². The van der Waals surface area contributed by atoms with E-state index in [2.05, 4.69) is 15.9 Å². The summed E-state index contributed by atoms with van der Waals surface area (Å²) in [5.41, 5.74) is 1.73. The molecule has 0 saturated carbocycles. The standard InChI is InChI=1S/C16H11BrO4/c1-8-11-6-12(17)13(19)7-14(11)21-16(20)15(8)9-2-4-10(18)5-3-9/h2-7,18-19H,1H3. The molecule has 0 aliphatic rings. The van der Waals surface area contributed by atoms with Crippen LogP contribution in [0.25, 0.3) is 22.1 Å². The molecule has 3 rings (SSSR count). The zero-order valence-electron chi connectivity index (χ0n) is 11.1. The van der Waals surface area contributed by atoms with Gasteiger partial charge in [-0.05, 0) is 52.2 Å². The van der Waals surface area contributed by atoms with E-state index in [4.69, 9.17) is 4.42 Å². The predicted molar refractivity (Wildman–Crippen MR) is 83.7 cm³/mol. The van der Waals surface area contributed by atoms with E-state index in [1.54, 1.807) is 18.2 Å². The van der Waals surface area contributed by atoms with Gasteiger partial charge in [-0.3, -0.25) is 0 Å². The van der Waals surface area contributed by atoms with Crippen molar-refractivity contribution in [2.24, 2.45) is 0 Å². The molecule has 2 N–H and O–H groups in total. The number of halogens is 1. The number of fused-ring (bicyclic) bond motifs is 1. The quantitative estimate of drug-likeness (QED) is 0.654. The fourth-order valence-corrected chi connectivity index (χ4v) is 2.66. The second kappa shape index (κ2) is 4.93. The molecule has 2 aromatic carbocycles. The van der Waals surface area contributed by atoms with Gasteiger partial charge in [-0.25, -0.2) is 4.79 Å². The van der Waals surface area contributed by atoms with E-state index in [0.717, 1.165) is 10.9 Å². The molecule has 1 heterocycles. The number of hydrogen-bond donors (Lipinski definition) is 2. The number of hydrogen-bond acceptors (Lipinski definition) is 4. The molecule has 0 unspecified atom stereocenters. The molecular weight excluding hydrogens is 336 g/mol. The SMILES string of the molecule is Cc1c(-c2ccc(O)cc2)c(=O)oc2cc(O)c(Br)cc12. The number of phenolic OH excluding ortho intramolecular Hbond substituents is 2. The molecule has 3 aromatic rings. The van der Waals surface area contributed by atoms with Crippen LogP contribution >= 0.6 is 15.9 Å². The first kappa shape index (κ1) is 13.7. The molecule has 0 radical (unpaired) electrons. The molecule has 1 aromatic heterocycles. The number of rotatable bonds is 1. The highest BCUT2D eigenvalue weighted by molar-refractivity contribution is 9.10. The van der Waals surface area contributed by atoms with E-state index in [1.165, 1.54) is 18.2 Å². The largest absolute Gasteiger partial charge is 0.508 e. The Morgan fingerprint density at radius 3 is 2.43 bits per heavy atom. The molecule has 5 heteroatoms. The lowest BCUT2D eigenvalue weighted by Gasteiger charge is -2.09. The van der Waals surface area contributed by atoms with E-state index in [-0.39, 0.29) is 11.5 Å². The highest BCUT2D eigenvalue weighted by Gasteiger charge is 2.15. The lowest BCUT2D eigenvalue weighted by Crippen LogP contribution is -2.05. The van der Waals surface area contributed by atoms with Crippen LogP contribution in [0.2, 0.25) is 0 Å². The highest BCUT2D eigenvalue weighted by Crippen LogP contribution is 2.33. The van der Waals surface area contributed by atoms with Crippen molar-refractivity contribution in [2.45, 2.75) is 6.92 Å². The Bertz CT molecular complexity index is 895. The van der Waals surface area contributed by atoms with Crippen molar-refractivity contribution in [3.63, 3.8) is 0 Å². The summed E-state index contributed by atoms with van der Waals surface area (Å²) in [5.74, 6) is 0.150. The second-order valence-corrected chi connectivity index (χ2v) is 5.59. The number of benzene rings is 2. The van der Waals surface area contributed by atoms with Crippen molar-refractivity contribution in [1.82, 2.24) is 0 Å². The van der Waals surface area contributed by atoms with Gasteiger partial charge in [-0.2, -0.15) is 0 Å². The van der Waals surface area contributed by atoms with Crippen LogP contribution in [-0.2, 0) is 0 Å². The first-order valence-electron chi connectivity index (χ1n) is 6.22. The van der Waals surface area contributed by atoms with Gasteiger partial charge in [-0.15, -0.1) is 0 Å². The number of aromatic hydroxyl groups is 2. The molecule has 0 atom stereocenters. The average Bonchev–Trinajstić information content (AvgIpc) is 2.43. The fourth-order valence-electron chi connectivity index (χ4n) is 2.32. The first-order chi connectivity index (χ1) is 9.97. The maximum absolute atomic E-state index is 12.2. The van der Waals surface area contributed by atoms with Crippen LogP contribution in [0.15, 0.2) is 50.1 Å². The van der Waals surface area contributed by atoms with Crippen LogP contribution in [0, 0.1) is 6.92 Å². The third kappa shape index (κ3) is 2.29. The molecule has 0 bridgehead atoms. The van der Waals surface area contributed by atoms with Crippen molar-refractivity contribution in [1.29, 1.82) is 0 Å². The van der Waals surface area contributed by atoms with Gasteiger partial charge in [0.1, 0.15) is 17.1 Å². The summed E-state index contributed by atoms with van der Waals surface area (Å²) in [7, 11) is 0. The van der Waals surface area contributed by atoms with Gasteiger partial charge < -0.3 is 14.6 Å². The average molecular weight is 347 g/mol. The van der Waals surface area contributed by atoms with Crippen LogP contribution in [0.3, 0.4) is 0 Å². The van der Waals surface area contributed by atoms with Gasteiger partial charge in [-0.1, -0.05) is 12.1 Å². The van der Waals surface area contributed by atoms with Crippen molar-refractivity contribution in [3.8, 4) is 22.6 Å². The number of aryl methyl sites for hydroxylation is 1. The fraction of sp³-hybridized carbons (Fsp3) is 0.0625. The zero-order valence-corrected chi connectivity index (χ0v) is 12.6. The van der Waals surface area contributed by atoms with Crippen molar-refractivity contribution >= 4 is 26.9 Å². The molecular formula is C16H11BrO4. The smallest absolute Gasteiger partial charge is 0.344 e. The summed E-state index contributed by atoms with van der Waals surface area (Å²) in [6.45, 7) is 1.82. The Balaban J connectivity index is 2.36. The van der Waals surface area contributed by atoms with E-state index < -0.39 is 5.63 Å². The van der Waals surface area contributed by atoms with Crippen molar-refractivity contribution < 1.29 is 14.6 Å². The summed E-state index contributed by atoms with van der Waals surface area (Å²) in [4.78, 5) is 12.2. The monoisotopic (exact) mass is 346 g/mol. The first-order valence-corrected chi connectivity index (χ1v) is 7.02. The van der Waals surface area contributed by atoms with E-state index in [0.29, 0.717) is 21.2 Å².